The second-order valence-corrected chi connectivity index (χ2v) is 4.35. The van der Waals surface area contributed by atoms with Gasteiger partial charge in [0.2, 0.25) is 0 Å². The fourth-order valence-corrected chi connectivity index (χ4v) is 1.60. The van der Waals surface area contributed by atoms with Crippen molar-refractivity contribution in [1.29, 1.82) is 0 Å². The third kappa shape index (κ3) is 4.65. The fourth-order valence-electron chi connectivity index (χ4n) is 1.60. The van der Waals surface area contributed by atoms with Crippen LogP contribution in [0.2, 0.25) is 0 Å². The van der Waals surface area contributed by atoms with E-state index in [4.69, 9.17) is 15.2 Å². The van der Waals surface area contributed by atoms with Crippen LogP contribution >= 0.6 is 0 Å². The summed E-state index contributed by atoms with van der Waals surface area (Å²) in [5, 5.41) is 0. The lowest BCUT2D eigenvalue weighted by Gasteiger charge is -2.12. The molecule has 0 bridgehead atoms. The van der Waals surface area contributed by atoms with Crippen molar-refractivity contribution in [2.24, 2.45) is 5.73 Å². The summed E-state index contributed by atoms with van der Waals surface area (Å²) in [6.07, 6.45) is 2.96. The quantitative estimate of drug-likeness (QED) is 0.793. The maximum atomic E-state index is 5.76. The number of rotatable bonds is 7. The molecule has 0 fully saturated rings. The monoisotopic (exact) mass is 237 g/mol. The topological polar surface area (TPSA) is 44.5 Å². The van der Waals surface area contributed by atoms with Gasteiger partial charge < -0.3 is 15.2 Å². The van der Waals surface area contributed by atoms with Crippen LogP contribution in [-0.4, -0.2) is 19.8 Å². The Hall–Kier alpha value is -1.22. The number of hydrogen-bond donors (Lipinski definition) is 1. The summed E-state index contributed by atoms with van der Waals surface area (Å²) in [6, 6.07) is 6.32. The largest absolute Gasteiger partial charge is 0.493 e. The summed E-state index contributed by atoms with van der Waals surface area (Å²) in [6.45, 7) is 4.83. The molecular weight excluding hydrogens is 214 g/mol. The molecule has 0 spiro atoms. The van der Waals surface area contributed by atoms with E-state index in [9.17, 15) is 0 Å². The number of ether oxygens (including phenoxy) is 2. The van der Waals surface area contributed by atoms with Gasteiger partial charge in [0.25, 0.3) is 0 Å². The third-order valence-corrected chi connectivity index (χ3v) is 2.58. The van der Waals surface area contributed by atoms with Gasteiger partial charge in [0, 0.05) is 6.04 Å². The Morgan fingerprint density at radius 3 is 2.65 bits per heavy atom. The van der Waals surface area contributed by atoms with E-state index in [-0.39, 0.29) is 6.04 Å². The molecule has 0 radical (unpaired) electrons. The minimum Gasteiger partial charge on any atom is -0.493 e. The second kappa shape index (κ2) is 7.17. The lowest BCUT2D eigenvalue weighted by Crippen LogP contribution is -2.15. The molecule has 0 aliphatic heterocycles. The van der Waals surface area contributed by atoms with Crippen LogP contribution in [-0.2, 0) is 6.42 Å². The molecule has 3 heteroatoms. The normalized spacial score (nSPS) is 12.2. The summed E-state index contributed by atoms with van der Waals surface area (Å²) >= 11 is 0. The average molecular weight is 237 g/mol. The summed E-state index contributed by atoms with van der Waals surface area (Å²) in [4.78, 5) is 0. The maximum absolute atomic E-state index is 5.76. The van der Waals surface area contributed by atoms with Crippen molar-refractivity contribution in [1.82, 2.24) is 0 Å². The molecule has 0 amide bonds. The van der Waals surface area contributed by atoms with Crippen molar-refractivity contribution < 1.29 is 9.47 Å². The van der Waals surface area contributed by atoms with E-state index in [0.29, 0.717) is 6.61 Å². The molecule has 0 saturated carbocycles. The molecule has 1 atom stereocenters. The van der Waals surface area contributed by atoms with Gasteiger partial charge in [-0.15, -0.1) is 0 Å². The zero-order valence-corrected chi connectivity index (χ0v) is 11.0. The van der Waals surface area contributed by atoms with E-state index >= 15 is 0 Å². The molecule has 17 heavy (non-hydrogen) atoms. The molecule has 96 valence electrons. The molecule has 0 saturated heterocycles. The number of methoxy groups -OCH3 is 1. The number of aryl methyl sites for hydroxylation is 1. The summed E-state index contributed by atoms with van der Waals surface area (Å²) in [5.41, 5.74) is 7.00. The van der Waals surface area contributed by atoms with Crippen LogP contribution in [0.3, 0.4) is 0 Å². The summed E-state index contributed by atoms with van der Waals surface area (Å²) in [5.74, 6) is 1.62. The molecule has 1 unspecified atom stereocenters. The summed E-state index contributed by atoms with van der Waals surface area (Å²) < 4.78 is 10.9. The number of nitrogens with two attached hydrogens (primary N) is 1. The second-order valence-electron chi connectivity index (χ2n) is 4.35. The highest BCUT2D eigenvalue weighted by molar-refractivity contribution is 5.43. The van der Waals surface area contributed by atoms with Gasteiger partial charge in [0.15, 0.2) is 11.5 Å². The number of benzene rings is 1. The molecule has 2 N–H and O–H groups in total. The Kier molecular flexibility index (Phi) is 5.84. The highest BCUT2D eigenvalue weighted by atomic mass is 16.5. The van der Waals surface area contributed by atoms with Gasteiger partial charge in [-0.3, -0.25) is 0 Å². The SMILES string of the molecule is CCCOc1cc(CCC(C)N)ccc1OC. The van der Waals surface area contributed by atoms with Gasteiger partial charge >= 0.3 is 0 Å². The van der Waals surface area contributed by atoms with Crippen LogP contribution in [0.5, 0.6) is 11.5 Å². The Bertz CT molecular complexity index is 337. The Balaban J connectivity index is 2.73. The molecule has 1 aromatic rings. The highest BCUT2D eigenvalue weighted by Crippen LogP contribution is 2.28. The molecule has 3 nitrogen and oxygen atoms in total. The van der Waals surface area contributed by atoms with E-state index in [0.717, 1.165) is 30.8 Å². The molecule has 0 aliphatic carbocycles. The predicted molar refractivity (Wildman–Crippen MR) is 70.8 cm³/mol. The maximum Gasteiger partial charge on any atom is 0.161 e. The van der Waals surface area contributed by atoms with Crippen LogP contribution in [0.15, 0.2) is 18.2 Å². The first-order chi connectivity index (χ1) is 8.17. The van der Waals surface area contributed by atoms with Gasteiger partial charge in [-0.2, -0.15) is 0 Å². The lowest BCUT2D eigenvalue weighted by molar-refractivity contribution is 0.294. The average Bonchev–Trinajstić information content (AvgIpc) is 2.33. The zero-order valence-electron chi connectivity index (χ0n) is 11.0. The highest BCUT2D eigenvalue weighted by Gasteiger charge is 2.06. The van der Waals surface area contributed by atoms with E-state index in [1.165, 1.54) is 5.56 Å². The van der Waals surface area contributed by atoms with Crippen LogP contribution in [0.4, 0.5) is 0 Å². The van der Waals surface area contributed by atoms with Crippen molar-refractivity contribution in [2.45, 2.75) is 39.2 Å². The minimum absolute atomic E-state index is 0.233. The summed E-state index contributed by atoms with van der Waals surface area (Å²) in [7, 11) is 1.66. The molecule has 0 aromatic heterocycles. The van der Waals surface area contributed by atoms with Crippen LogP contribution in [0.25, 0.3) is 0 Å². The third-order valence-electron chi connectivity index (χ3n) is 2.58. The zero-order chi connectivity index (χ0) is 12.7. The molecular formula is C14H23NO2. The molecule has 1 aromatic carbocycles. The van der Waals surface area contributed by atoms with Crippen molar-refractivity contribution in [3.63, 3.8) is 0 Å². The first-order valence-corrected chi connectivity index (χ1v) is 6.22. The van der Waals surface area contributed by atoms with Crippen LogP contribution in [0.1, 0.15) is 32.3 Å². The van der Waals surface area contributed by atoms with Crippen LogP contribution < -0.4 is 15.2 Å². The smallest absolute Gasteiger partial charge is 0.161 e. The first-order valence-electron chi connectivity index (χ1n) is 6.22. The Labute approximate surface area is 104 Å². The van der Waals surface area contributed by atoms with Gasteiger partial charge in [-0.05, 0) is 43.9 Å². The van der Waals surface area contributed by atoms with Gasteiger partial charge in [-0.1, -0.05) is 13.0 Å². The van der Waals surface area contributed by atoms with Crippen molar-refractivity contribution in [3.05, 3.63) is 23.8 Å². The van der Waals surface area contributed by atoms with Crippen molar-refractivity contribution >= 4 is 0 Å². The van der Waals surface area contributed by atoms with E-state index in [1.807, 2.05) is 13.0 Å². The van der Waals surface area contributed by atoms with E-state index in [1.54, 1.807) is 7.11 Å². The molecule has 0 aliphatic rings. The lowest BCUT2D eigenvalue weighted by atomic mass is 10.1. The minimum atomic E-state index is 0.233. The van der Waals surface area contributed by atoms with Gasteiger partial charge in [-0.25, -0.2) is 0 Å². The van der Waals surface area contributed by atoms with Gasteiger partial charge in [0.05, 0.1) is 13.7 Å². The fraction of sp³-hybridized carbons (Fsp3) is 0.571. The van der Waals surface area contributed by atoms with E-state index in [2.05, 4.69) is 19.1 Å². The predicted octanol–water partition coefficient (Wildman–Crippen LogP) is 2.76. The Morgan fingerprint density at radius 2 is 2.06 bits per heavy atom. The van der Waals surface area contributed by atoms with Crippen molar-refractivity contribution in [2.75, 3.05) is 13.7 Å². The van der Waals surface area contributed by atoms with E-state index < -0.39 is 0 Å². The molecule has 0 heterocycles. The standard InChI is InChI=1S/C14H23NO2/c1-4-9-17-14-10-12(6-5-11(2)15)7-8-13(14)16-3/h7-8,10-11H,4-6,9,15H2,1-3H3. The van der Waals surface area contributed by atoms with Gasteiger partial charge in [0.1, 0.15) is 0 Å². The number of hydrogen-bond acceptors (Lipinski definition) is 3. The first kappa shape index (κ1) is 13.8. The van der Waals surface area contributed by atoms with Crippen molar-refractivity contribution in [3.8, 4) is 11.5 Å². The molecule has 1 rings (SSSR count). The van der Waals surface area contributed by atoms with Crippen LogP contribution in [0, 0.1) is 0 Å². The Morgan fingerprint density at radius 1 is 1.29 bits per heavy atom.